The first-order valence-electron chi connectivity index (χ1n) is 17.9. The highest BCUT2D eigenvalue weighted by Gasteiger charge is 2.52. The van der Waals surface area contributed by atoms with Crippen LogP contribution in [0, 0.1) is 17.4 Å². The van der Waals surface area contributed by atoms with Gasteiger partial charge < -0.3 is 49.4 Å². The molecule has 1 amide bonds. The lowest BCUT2D eigenvalue weighted by atomic mass is 9.78. The zero-order valence-corrected chi connectivity index (χ0v) is 37.4. The van der Waals surface area contributed by atoms with Crippen LogP contribution < -0.4 is 30.4 Å². The molecule has 7 rings (SSSR count). The number of ether oxygens (including phenoxy) is 5. The second-order valence-electron chi connectivity index (χ2n) is 15.5. The Hall–Kier alpha value is -2.34. The standard InChI is InChI=1S/C18H23BrN2O4.C11H19BO2.C9H9BrINO2/c1-10-12(15-16(14(20)13(10)19)24-8-7-23-15)11-5-6-21(9-11)17(22)25-18(2,3)4;1-10(2)11(3,4)14-12(13-10)9-7-5-6-8-9;1-4-5(10)7(12)9-8(6(4)11)13-2-3-14-9/h5H,6-9,20H2,1-4H3;7H,5-6,8H2,1-4H3;2-3,12H2,1H3. The van der Waals surface area contributed by atoms with E-state index in [1.54, 1.807) is 4.90 Å². The predicted molar refractivity (Wildman–Crippen MR) is 225 cm³/mol. The maximum Gasteiger partial charge on any atom is 0.490 e. The second-order valence-corrected chi connectivity index (χ2v) is 18.1. The third-order valence-corrected chi connectivity index (χ3v) is 13.2. The number of fused-ring (bicyclic) bond motifs is 2. The smallest absolute Gasteiger partial charge is 0.485 e. The highest BCUT2D eigenvalue weighted by Crippen LogP contribution is 2.49. The number of benzene rings is 2. The Labute approximate surface area is 344 Å². The number of nitrogens with two attached hydrogens (primary N) is 2. The van der Waals surface area contributed by atoms with E-state index in [-0.39, 0.29) is 24.4 Å². The maximum absolute atomic E-state index is 12.3. The molecular weight excluding hydrogens is 924 g/mol. The molecule has 0 atom stereocenters. The number of nitrogen functional groups attached to an aromatic ring is 2. The molecule has 0 saturated carbocycles. The highest BCUT2D eigenvalue weighted by atomic mass is 127. The molecular formula is C38H51BBr2IN3O8. The van der Waals surface area contributed by atoms with Crippen LogP contribution in [0.4, 0.5) is 16.2 Å². The molecule has 0 spiro atoms. The lowest BCUT2D eigenvalue weighted by Gasteiger charge is -2.32. The summed E-state index contributed by atoms with van der Waals surface area (Å²) in [6.07, 6.45) is 7.53. The van der Waals surface area contributed by atoms with E-state index in [0.717, 1.165) is 46.9 Å². The molecule has 1 saturated heterocycles. The van der Waals surface area contributed by atoms with E-state index in [0.29, 0.717) is 68.1 Å². The lowest BCUT2D eigenvalue weighted by molar-refractivity contribution is 0.00578. The van der Waals surface area contributed by atoms with Crippen molar-refractivity contribution in [2.45, 2.75) is 98.4 Å². The first kappa shape index (κ1) is 41.8. The van der Waals surface area contributed by atoms with E-state index >= 15 is 0 Å². The van der Waals surface area contributed by atoms with Crippen LogP contribution in [0.5, 0.6) is 23.0 Å². The van der Waals surface area contributed by atoms with Crippen LogP contribution in [0.1, 0.15) is 84.4 Å². The summed E-state index contributed by atoms with van der Waals surface area (Å²) in [5.74, 6) is 2.66. The number of anilines is 2. The van der Waals surface area contributed by atoms with Gasteiger partial charge in [0.25, 0.3) is 0 Å². The van der Waals surface area contributed by atoms with E-state index < -0.39 is 5.60 Å². The molecule has 5 aliphatic rings. The van der Waals surface area contributed by atoms with Gasteiger partial charge in [-0.05, 0) is 158 Å². The summed E-state index contributed by atoms with van der Waals surface area (Å²) in [5.41, 5.74) is 17.7. The second kappa shape index (κ2) is 16.4. The van der Waals surface area contributed by atoms with Crippen molar-refractivity contribution in [3.63, 3.8) is 0 Å². The number of carbonyl (C=O) groups excluding carboxylic acids is 1. The zero-order valence-electron chi connectivity index (χ0n) is 32.1. The number of hydrogen-bond acceptors (Lipinski definition) is 10. The first-order valence-corrected chi connectivity index (χ1v) is 20.5. The minimum atomic E-state index is -0.518. The Kier molecular flexibility index (Phi) is 12.9. The molecule has 0 unspecified atom stereocenters. The Morgan fingerprint density at radius 3 is 1.89 bits per heavy atom. The van der Waals surface area contributed by atoms with Crippen LogP contribution in [0.15, 0.2) is 26.6 Å². The largest absolute Gasteiger partial charge is 0.490 e. The summed E-state index contributed by atoms with van der Waals surface area (Å²) >= 11 is 9.23. The minimum Gasteiger partial charge on any atom is -0.485 e. The van der Waals surface area contributed by atoms with Gasteiger partial charge in [-0.2, -0.15) is 0 Å². The van der Waals surface area contributed by atoms with Gasteiger partial charge in [0.1, 0.15) is 32.0 Å². The molecule has 15 heteroatoms. The SMILES string of the molecule is CC1(C)OB(C2=CCCC2)OC1(C)C.Cc1c(Br)c(N)c2c(c1C1=CCN(C(=O)OC(C)(C)C)C1)OCCO2.Cc1c(Br)c(N)c2c(c1I)OCCO2. The molecule has 11 nitrogen and oxygen atoms in total. The number of rotatable bonds is 2. The fourth-order valence-corrected chi connectivity index (χ4v) is 8.03. The van der Waals surface area contributed by atoms with Gasteiger partial charge in [0.05, 0.1) is 26.1 Å². The number of amides is 1. The summed E-state index contributed by atoms with van der Waals surface area (Å²) in [7, 11) is -0.0949. The normalized spacial score (nSPS) is 19.4. The summed E-state index contributed by atoms with van der Waals surface area (Å²) < 4.78 is 42.7. The molecule has 53 heavy (non-hydrogen) atoms. The summed E-state index contributed by atoms with van der Waals surface area (Å²) in [6, 6.07) is 0. The van der Waals surface area contributed by atoms with Crippen LogP contribution in [0.2, 0.25) is 0 Å². The van der Waals surface area contributed by atoms with Crippen molar-refractivity contribution < 1.29 is 37.8 Å². The fraction of sp³-hybridized carbons (Fsp3) is 0.553. The number of hydrogen-bond donors (Lipinski definition) is 2. The summed E-state index contributed by atoms with van der Waals surface area (Å²) in [5, 5.41) is 0. The molecule has 1 fully saturated rings. The number of nitrogens with zero attached hydrogens (tertiary/aromatic N) is 1. The van der Waals surface area contributed by atoms with Crippen LogP contribution >= 0.6 is 54.5 Å². The molecule has 4 heterocycles. The van der Waals surface area contributed by atoms with E-state index in [1.165, 1.54) is 18.3 Å². The van der Waals surface area contributed by atoms with E-state index in [1.807, 2.05) is 40.7 Å². The fourth-order valence-electron chi connectivity index (χ4n) is 6.23. The Morgan fingerprint density at radius 1 is 0.849 bits per heavy atom. The molecule has 4 N–H and O–H groups in total. The van der Waals surface area contributed by atoms with Crippen molar-refractivity contribution in [1.29, 1.82) is 0 Å². The third kappa shape index (κ3) is 9.05. The van der Waals surface area contributed by atoms with Crippen molar-refractivity contribution >= 4 is 84.6 Å². The Balaban J connectivity index is 0.000000165. The Morgan fingerprint density at radius 2 is 1.36 bits per heavy atom. The maximum atomic E-state index is 12.3. The Bertz CT molecular complexity index is 1760. The predicted octanol–water partition coefficient (Wildman–Crippen LogP) is 9.19. The van der Waals surface area contributed by atoms with Crippen molar-refractivity contribution in [2.75, 3.05) is 51.0 Å². The van der Waals surface area contributed by atoms with Gasteiger partial charge in [0.15, 0.2) is 23.0 Å². The first-order chi connectivity index (χ1) is 24.7. The van der Waals surface area contributed by atoms with Gasteiger partial charge in [-0.1, -0.05) is 12.2 Å². The average Bonchev–Trinajstić information content (AvgIpc) is 3.86. The number of carbonyl (C=O) groups is 1. The van der Waals surface area contributed by atoms with Gasteiger partial charge >= 0.3 is 13.2 Å². The van der Waals surface area contributed by atoms with Gasteiger partial charge in [0.2, 0.25) is 0 Å². The molecule has 2 aromatic rings. The van der Waals surface area contributed by atoms with E-state index in [4.69, 9.17) is 44.5 Å². The van der Waals surface area contributed by atoms with Gasteiger partial charge in [-0.15, -0.1) is 0 Å². The van der Waals surface area contributed by atoms with Crippen molar-refractivity contribution in [2.24, 2.45) is 0 Å². The minimum absolute atomic E-state index is 0.0949. The van der Waals surface area contributed by atoms with Crippen LogP contribution in [-0.2, 0) is 14.0 Å². The van der Waals surface area contributed by atoms with Crippen molar-refractivity contribution in [3.05, 3.63) is 46.8 Å². The summed E-state index contributed by atoms with van der Waals surface area (Å²) in [4.78, 5) is 14.0. The molecule has 290 valence electrons. The molecule has 1 aliphatic carbocycles. The molecule has 4 aliphatic heterocycles. The molecule has 2 aromatic carbocycles. The van der Waals surface area contributed by atoms with E-state index in [9.17, 15) is 4.79 Å². The molecule has 0 bridgehead atoms. The van der Waals surface area contributed by atoms with Crippen molar-refractivity contribution in [3.8, 4) is 23.0 Å². The number of allylic oxidation sites excluding steroid dienone is 2. The van der Waals surface area contributed by atoms with Gasteiger partial charge in [-0.3, -0.25) is 0 Å². The average molecular weight is 975 g/mol. The van der Waals surface area contributed by atoms with Crippen LogP contribution in [0.3, 0.4) is 0 Å². The third-order valence-electron chi connectivity index (χ3n) is 9.84. The van der Waals surface area contributed by atoms with Gasteiger partial charge in [0, 0.05) is 27.6 Å². The highest BCUT2D eigenvalue weighted by molar-refractivity contribution is 14.1. The van der Waals surface area contributed by atoms with Gasteiger partial charge in [-0.25, -0.2) is 4.79 Å². The number of halogens is 3. The quantitative estimate of drug-likeness (QED) is 0.170. The summed E-state index contributed by atoms with van der Waals surface area (Å²) in [6.45, 7) is 21.0. The van der Waals surface area contributed by atoms with E-state index in [2.05, 4.69) is 88.2 Å². The van der Waals surface area contributed by atoms with Crippen molar-refractivity contribution in [1.82, 2.24) is 4.90 Å². The van der Waals surface area contributed by atoms with Crippen LogP contribution in [-0.4, -0.2) is 74.4 Å². The molecule has 0 aromatic heterocycles. The topological polar surface area (TPSA) is 137 Å². The zero-order chi connectivity index (χ0) is 39.0. The van der Waals surface area contributed by atoms with Crippen LogP contribution in [0.25, 0.3) is 5.57 Å². The monoisotopic (exact) mass is 973 g/mol. The lowest BCUT2D eigenvalue weighted by Crippen LogP contribution is -2.41. The molecule has 0 radical (unpaired) electrons.